The summed E-state index contributed by atoms with van der Waals surface area (Å²) in [4.78, 5) is 11.2. The Hall–Kier alpha value is -2.48. The summed E-state index contributed by atoms with van der Waals surface area (Å²) in [6.45, 7) is 4.04. The Labute approximate surface area is 118 Å². The summed E-state index contributed by atoms with van der Waals surface area (Å²) in [6.07, 6.45) is 2.36. The third-order valence-corrected chi connectivity index (χ3v) is 2.66. The van der Waals surface area contributed by atoms with Crippen molar-refractivity contribution in [3.8, 4) is 11.8 Å². The van der Waals surface area contributed by atoms with Gasteiger partial charge in [-0.2, -0.15) is 5.26 Å². The highest BCUT2D eigenvalue weighted by atomic mass is 16.5. The standard InChI is InChI=1S/C15H18N2O3/c1-4-11(2)20-14-7-5-6-13(8-14)17-10-12(9-16)15(18)19-3/h5-8,10-11,17H,4H2,1-3H3/b12-10-. The molecule has 106 valence electrons. The lowest BCUT2D eigenvalue weighted by Gasteiger charge is -2.13. The number of anilines is 1. The molecule has 1 aromatic carbocycles. The minimum absolute atomic E-state index is 0.0965. The number of nitrogens with one attached hydrogen (secondary N) is 1. The number of methoxy groups -OCH3 is 1. The number of carbonyl (C=O) groups excluding carboxylic acids is 1. The first-order valence-corrected chi connectivity index (χ1v) is 6.32. The third kappa shape index (κ3) is 4.65. The maximum Gasteiger partial charge on any atom is 0.350 e. The fourth-order valence-electron chi connectivity index (χ4n) is 1.38. The van der Waals surface area contributed by atoms with E-state index in [4.69, 9.17) is 10.00 Å². The minimum Gasteiger partial charge on any atom is -0.491 e. The monoisotopic (exact) mass is 274 g/mol. The van der Waals surface area contributed by atoms with Crippen molar-refractivity contribution in [3.05, 3.63) is 36.0 Å². The number of rotatable bonds is 6. The van der Waals surface area contributed by atoms with Crippen LogP contribution >= 0.6 is 0 Å². The fourth-order valence-corrected chi connectivity index (χ4v) is 1.38. The normalized spacial score (nSPS) is 12.2. The van der Waals surface area contributed by atoms with Gasteiger partial charge in [-0.15, -0.1) is 0 Å². The molecule has 0 radical (unpaired) electrons. The van der Waals surface area contributed by atoms with Crippen molar-refractivity contribution in [1.82, 2.24) is 0 Å². The van der Waals surface area contributed by atoms with Gasteiger partial charge in [0.2, 0.25) is 0 Å². The smallest absolute Gasteiger partial charge is 0.350 e. The van der Waals surface area contributed by atoms with Crippen LogP contribution in [0.5, 0.6) is 5.75 Å². The Morgan fingerprint density at radius 3 is 2.90 bits per heavy atom. The van der Waals surface area contributed by atoms with Crippen LogP contribution in [0.4, 0.5) is 5.69 Å². The maximum absolute atomic E-state index is 11.2. The van der Waals surface area contributed by atoms with Crippen molar-refractivity contribution in [2.45, 2.75) is 26.4 Å². The molecule has 0 aliphatic rings. The second-order valence-corrected chi connectivity index (χ2v) is 4.17. The maximum atomic E-state index is 11.2. The van der Waals surface area contributed by atoms with Gasteiger partial charge < -0.3 is 14.8 Å². The molecule has 0 spiro atoms. The number of nitrogens with zero attached hydrogens (tertiary/aromatic N) is 1. The van der Waals surface area contributed by atoms with E-state index in [2.05, 4.69) is 10.1 Å². The average molecular weight is 274 g/mol. The lowest BCUT2D eigenvalue weighted by atomic mass is 10.2. The van der Waals surface area contributed by atoms with Gasteiger partial charge in [0.1, 0.15) is 11.8 Å². The van der Waals surface area contributed by atoms with Crippen molar-refractivity contribution in [2.24, 2.45) is 0 Å². The summed E-state index contributed by atoms with van der Waals surface area (Å²) in [5.74, 6) is 0.0568. The van der Waals surface area contributed by atoms with E-state index >= 15 is 0 Å². The second kappa shape index (κ2) is 7.85. The van der Waals surface area contributed by atoms with E-state index in [0.29, 0.717) is 0 Å². The molecule has 5 nitrogen and oxygen atoms in total. The first-order valence-electron chi connectivity index (χ1n) is 6.32. The zero-order chi connectivity index (χ0) is 15.0. The third-order valence-electron chi connectivity index (χ3n) is 2.66. The van der Waals surface area contributed by atoms with E-state index in [1.165, 1.54) is 13.3 Å². The van der Waals surface area contributed by atoms with Gasteiger partial charge in [-0.05, 0) is 25.5 Å². The molecule has 1 rings (SSSR count). The predicted octanol–water partition coefficient (Wildman–Crippen LogP) is 2.86. The summed E-state index contributed by atoms with van der Waals surface area (Å²) < 4.78 is 10.2. The molecule has 1 atom stereocenters. The van der Waals surface area contributed by atoms with Crippen LogP contribution in [0.15, 0.2) is 36.0 Å². The fraction of sp³-hybridized carbons (Fsp3) is 0.333. The van der Waals surface area contributed by atoms with Gasteiger partial charge in [-0.1, -0.05) is 13.0 Å². The molecule has 0 aliphatic heterocycles. The number of benzene rings is 1. The Kier molecular flexibility index (Phi) is 6.11. The molecule has 1 aromatic rings. The zero-order valence-corrected chi connectivity index (χ0v) is 11.8. The van der Waals surface area contributed by atoms with E-state index in [1.54, 1.807) is 12.1 Å². The number of hydrogen-bond acceptors (Lipinski definition) is 5. The summed E-state index contributed by atoms with van der Waals surface area (Å²) in [5.41, 5.74) is 0.628. The molecule has 1 N–H and O–H groups in total. The SMILES string of the molecule is CCC(C)Oc1cccc(N/C=C(/C#N)C(=O)OC)c1. The highest BCUT2D eigenvalue weighted by Crippen LogP contribution is 2.19. The first-order chi connectivity index (χ1) is 9.60. The van der Waals surface area contributed by atoms with Gasteiger partial charge in [-0.3, -0.25) is 0 Å². The Balaban J connectivity index is 2.78. The molecule has 0 amide bonds. The lowest BCUT2D eigenvalue weighted by molar-refractivity contribution is -0.135. The molecule has 0 saturated carbocycles. The summed E-state index contributed by atoms with van der Waals surface area (Å²) in [7, 11) is 1.23. The molecule has 0 bridgehead atoms. The lowest BCUT2D eigenvalue weighted by Crippen LogP contribution is -2.09. The largest absolute Gasteiger partial charge is 0.491 e. The number of esters is 1. The first kappa shape index (κ1) is 15.6. The quantitative estimate of drug-likeness (QED) is 0.490. The van der Waals surface area contributed by atoms with Crippen LogP contribution < -0.4 is 10.1 Å². The van der Waals surface area contributed by atoms with Crippen LogP contribution in [-0.4, -0.2) is 19.2 Å². The summed E-state index contributed by atoms with van der Waals surface area (Å²) in [5, 5.41) is 11.7. The second-order valence-electron chi connectivity index (χ2n) is 4.17. The number of ether oxygens (including phenoxy) is 2. The highest BCUT2D eigenvalue weighted by Gasteiger charge is 2.08. The highest BCUT2D eigenvalue weighted by molar-refractivity contribution is 5.93. The van der Waals surface area contributed by atoms with Crippen molar-refractivity contribution >= 4 is 11.7 Å². The average Bonchev–Trinajstić information content (AvgIpc) is 2.47. The van der Waals surface area contributed by atoms with Crippen LogP contribution in [0.25, 0.3) is 0 Å². The number of nitriles is 1. The Morgan fingerprint density at radius 1 is 1.55 bits per heavy atom. The van der Waals surface area contributed by atoms with Gasteiger partial charge in [0.15, 0.2) is 5.57 Å². The molecule has 0 aromatic heterocycles. The number of hydrogen-bond donors (Lipinski definition) is 1. The Bertz CT molecular complexity index is 532. The van der Waals surface area contributed by atoms with E-state index in [0.717, 1.165) is 17.9 Å². The molecule has 0 heterocycles. The van der Waals surface area contributed by atoms with Crippen LogP contribution in [0.1, 0.15) is 20.3 Å². The molecular formula is C15H18N2O3. The zero-order valence-electron chi connectivity index (χ0n) is 11.8. The molecule has 1 unspecified atom stereocenters. The summed E-state index contributed by atoms with van der Waals surface area (Å²) >= 11 is 0. The topological polar surface area (TPSA) is 71.3 Å². The van der Waals surface area contributed by atoms with Crippen molar-refractivity contribution < 1.29 is 14.3 Å². The van der Waals surface area contributed by atoms with Crippen molar-refractivity contribution in [3.63, 3.8) is 0 Å². The molecule has 0 saturated heterocycles. The van der Waals surface area contributed by atoms with Gasteiger partial charge in [-0.25, -0.2) is 4.79 Å². The molecule has 20 heavy (non-hydrogen) atoms. The van der Waals surface area contributed by atoms with E-state index in [-0.39, 0.29) is 11.7 Å². The summed E-state index contributed by atoms with van der Waals surface area (Å²) in [6, 6.07) is 9.07. The number of carbonyl (C=O) groups is 1. The molecule has 0 aliphatic carbocycles. The van der Waals surface area contributed by atoms with Gasteiger partial charge in [0.05, 0.1) is 13.2 Å². The van der Waals surface area contributed by atoms with Gasteiger partial charge in [0, 0.05) is 18.0 Å². The van der Waals surface area contributed by atoms with E-state index in [1.807, 2.05) is 32.0 Å². The van der Waals surface area contributed by atoms with E-state index < -0.39 is 5.97 Å². The van der Waals surface area contributed by atoms with E-state index in [9.17, 15) is 4.79 Å². The molecular weight excluding hydrogens is 256 g/mol. The van der Waals surface area contributed by atoms with Gasteiger partial charge >= 0.3 is 5.97 Å². The van der Waals surface area contributed by atoms with Crippen LogP contribution in [0.3, 0.4) is 0 Å². The van der Waals surface area contributed by atoms with Crippen molar-refractivity contribution in [1.29, 1.82) is 5.26 Å². The van der Waals surface area contributed by atoms with Crippen LogP contribution in [-0.2, 0) is 9.53 Å². The Morgan fingerprint density at radius 2 is 2.30 bits per heavy atom. The van der Waals surface area contributed by atoms with Crippen molar-refractivity contribution in [2.75, 3.05) is 12.4 Å². The molecule has 0 fully saturated rings. The predicted molar refractivity (Wildman–Crippen MR) is 76.2 cm³/mol. The molecule has 5 heteroatoms. The van der Waals surface area contributed by atoms with Gasteiger partial charge in [0.25, 0.3) is 0 Å². The minimum atomic E-state index is -0.674. The van der Waals surface area contributed by atoms with Crippen LogP contribution in [0.2, 0.25) is 0 Å². The van der Waals surface area contributed by atoms with Crippen LogP contribution in [0, 0.1) is 11.3 Å².